The van der Waals surface area contributed by atoms with Gasteiger partial charge in [-0.1, -0.05) is 48.5 Å². The molecule has 0 aliphatic rings. The molecule has 0 fully saturated rings. The molecule has 0 spiro atoms. The van der Waals surface area contributed by atoms with Crippen LogP contribution in [0.25, 0.3) is 0 Å². The third kappa shape index (κ3) is 4.96. The largest absolute Gasteiger partial charge is 0.329 e. The number of hydrogen-bond donors (Lipinski definition) is 2. The molecule has 4 rings (SSSR count). The highest BCUT2D eigenvalue weighted by Gasteiger charge is 2.17. The highest BCUT2D eigenvalue weighted by atomic mass is 32.1. The Kier molecular flexibility index (Phi) is 6.55. The summed E-state index contributed by atoms with van der Waals surface area (Å²) in [6, 6.07) is 17.0. The van der Waals surface area contributed by atoms with Crippen molar-refractivity contribution in [2.45, 2.75) is 40.8 Å². The van der Waals surface area contributed by atoms with Crippen molar-refractivity contribution in [2.24, 2.45) is 0 Å². The van der Waals surface area contributed by atoms with Crippen molar-refractivity contribution in [3.05, 3.63) is 94.3 Å². The van der Waals surface area contributed by atoms with Gasteiger partial charge in [0.2, 0.25) is 0 Å². The molecule has 0 atom stereocenters. The van der Waals surface area contributed by atoms with E-state index in [0.717, 1.165) is 34.2 Å². The molecule has 0 radical (unpaired) electrons. The molecule has 4 aromatic rings. The first-order chi connectivity index (χ1) is 15.8. The third-order valence-electron chi connectivity index (χ3n) is 5.69. The second kappa shape index (κ2) is 9.54. The maximum absolute atomic E-state index is 14.1. The van der Waals surface area contributed by atoms with Gasteiger partial charge in [-0.3, -0.25) is 9.36 Å². The minimum Gasteiger partial charge on any atom is -0.329 e. The number of aryl methyl sites for hydroxylation is 2. The van der Waals surface area contributed by atoms with Gasteiger partial charge in [0.1, 0.15) is 5.82 Å². The second-order valence-electron chi connectivity index (χ2n) is 8.06. The minimum atomic E-state index is -0.241. The van der Waals surface area contributed by atoms with Crippen molar-refractivity contribution in [3.8, 4) is 0 Å². The molecular weight excluding hydrogens is 435 g/mol. The van der Waals surface area contributed by atoms with Crippen molar-refractivity contribution in [1.82, 2.24) is 19.6 Å². The Balaban J connectivity index is 1.48. The molecule has 0 bridgehead atoms. The van der Waals surface area contributed by atoms with Gasteiger partial charge in [0.05, 0.1) is 47.2 Å². The molecule has 0 saturated carbocycles. The number of nitrogens with zero attached hydrogens (tertiary/aromatic N) is 4. The normalized spacial score (nSPS) is 10.9. The van der Waals surface area contributed by atoms with Gasteiger partial charge in [-0.05, 0) is 51.5 Å². The lowest BCUT2D eigenvalue weighted by Crippen LogP contribution is -2.21. The van der Waals surface area contributed by atoms with Crippen LogP contribution >= 0.6 is 12.2 Å². The Morgan fingerprint density at radius 3 is 1.88 bits per heavy atom. The van der Waals surface area contributed by atoms with Gasteiger partial charge in [-0.25, -0.2) is 4.39 Å². The Labute approximate surface area is 198 Å². The molecule has 0 aliphatic carbocycles. The zero-order valence-corrected chi connectivity index (χ0v) is 20.0. The molecule has 6 nitrogen and oxygen atoms in total. The average Bonchev–Trinajstić information content (AvgIpc) is 3.20. The summed E-state index contributed by atoms with van der Waals surface area (Å²) >= 11 is 5.60. The number of anilines is 2. The number of nitrogens with one attached hydrogen (secondary N) is 2. The van der Waals surface area contributed by atoms with Gasteiger partial charge < -0.3 is 10.6 Å². The van der Waals surface area contributed by atoms with Gasteiger partial charge in [0, 0.05) is 5.56 Å². The lowest BCUT2D eigenvalue weighted by Gasteiger charge is -2.12. The number of hydrogen-bond acceptors (Lipinski definition) is 3. The van der Waals surface area contributed by atoms with Crippen LogP contribution in [0.1, 0.15) is 33.9 Å². The monoisotopic (exact) mass is 462 g/mol. The van der Waals surface area contributed by atoms with Gasteiger partial charge in [-0.15, -0.1) is 0 Å². The van der Waals surface area contributed by atoms with E-state index in [2.05, 4.69) is 33.0 Å². The molecule has 2 heterocycles. The van der Waals surface area contributed by atoms with Crippen LogP contribution in [0.3, 0.4) is 0 Å². The van der Waals surface area contributed by atoms with Crippen LogP contribution in [0.2, 0.25) is 0 Å². The molecule has 0 aliphatic heterocycles. The predicted octanol–water partition coefficient (Wildman–Crippen LogP) is 5.36. The van der Waals surface area contributed by atoms with Gasteiger partial charge in [-0.2, -0.15) is 10.2 Å². The third-order valence-corrected chi connectivity index (χ3v) is 5.90. The van der Waals surface area contributed by atoms with E-state index >= 15 is 0 Å². The maximum atomic E-state index is 14.1. The van der Waals surface area contributed by atoms with Gasteiger partial charge in [0.15, 0.2) is 5.11 Å². The van der Waals surface area contributed by atoms with Crippen molar-refractivity contribution in [2.75, 3.05) is 10.6 Å². The summed E-state index contributed by atoms with van der Waals surface area (Å²) in [4.78, 5) is 0. The van der Waals surface area contributed by atoms with Crippen LogP contribution in [-0.4, -0.2) is 24.7 Å². The highest BCUT2D eigenvalue weighted by Crippen LogP contribution is 2.24. The Morgan fingerprint density at radius 2 is 1.30 bits per heavy atom. The standard InChI is InChI=1S/C25H27FN6S/c1-16-23(18(3)31(29-16)14-20-10-6-5-7-11-20)27-25(33)28-24-17(2)30-32(19(24)4)15-21-12-8-9-13-22(21)26/h5-13H,14-15H2,1-4H3,(H2,27,28,33). The van der Waals surface area contributed by atoms with Crippen LogP contribution in [0.5, 0.6) is 0 Å². The fourth-order valence-electron chi connectivity index (χ4n) is 3.87. The molecule has 8 heteroatoms. The van der Waals surface area contributed by atoms with E-state index in [4.69, 9.17) is 12.2 Å². The molecule has 0 amide bonds. The lowest BCUT2D eigenvalue weighted by atomic mass is 10.2. The molecular formula is C25H27FN6S. The minimum absolute atomic E-state index is 0.241. The second-order valence-corrected chi connectivity index (χ2v) is 8.47. The SMILES string of the molecule is Cc1nn(Cc2ccccc2)c(C)c1NC(=S)Nc1c(C)nn(Cc2ccccc2F)c1C. The topological polar surface area (TPSA) is 59.7 Å². The van der Waals surface area contributed by atoms with Crippen molar-refractivity contribution in [1.29, 1.82) is 0 Å². The number of thiocarbonyl (C=S) groups is 1. The van der Waals surface area contributed by atoms with Crippen LogP contribution in [0.15, 0.2) is 54.6 Å². The van der Waals surface area contributed by atoms with E-state index in [1.54, 1.807) is 16.8 Å². The van der Waals surface area contributed by atoms with Gasteiger partial charge >= 0.3 is 0 Å². The zero-order valence-electron chi connectivity index (χ0n) is 19.2. The molecule has 2 aromatic heterocycles. The van der Waals surface area contributed by atoms with E-state index in [0.29, 0.717) is 23.8 Å². The summed E-state index contributed by atoms with van der Waals surface area (Å²) in [7, 11) is 0. The summed E-state index contributed by atoms with van der Waals surface area (Å²) < 4.78 is 17.8. The van der Waals surface area contributed by atoms with Crippen LogP contribution in [-0.2, 0) is 13.1 Å². The van der Waals surface area contributed by atoms with E-state index < -0.39 is 0 Å². The zero-order chi connectivity index (χ0) is 23.5. The Hall–Kier alpha value is -3.52. The van der Waals surface area contributed by atoms with E-state index in [-0.39, 0.29) is 5.82 Å². The lowest BCUT2D eigenvalue weighted by molar-refractivity contribution is 0.579. The van der Waals surface area contributed by atoms with Crippen molar-refractivity contribution < 1.29 is 4.39 Å². The van der Waals surface area contributed by atoms with Crippen molar-refractivity contribution in [3.63, 3.8) is 0 Å². The average molecular weight is 463 g/mol. The first-order valence-electron chi connectivity index (χ1n) is 10.8. The number of benzene rings is 2. The summed E-state index contributed by atoms with van der Waals surface area (Å²) in [6.45, 7) is 8.88. The van der Waals surface area contributed by atoms with E-state index in [1.165, 1.54) is 11.6 Å². The van der Waals surface area contributed by atoms with E-state index in [1.807, 2.05) is 56.6 Å². The molecule has 170 valence electrons. The number of rotatable bonds is 6. The van der Waals surface area contributed by atoms with Crippen molar-refractivity contribution >= 4 is 28.7 Å². The molecule has 2 N–H and O–H groups in total. The quantitative estimate of drug-likeness (QED) is 0.378. The molecule has 0 saturated heterocycles. The van der Waals surface area contributed by atoms with Crippen LogP contribution in [0.4, 0.5) is 15.8 Å². The van der Waals surface area contributed by atoms with Crippen LogP contribution in [0, 0.1) is 33.5 Å². The van der Waals surface area contributed by atoms with Crippen LogP contribution < -0.4 is 10.6 Å². The predicted molar refractivity (Wildman–Crippen MR) is 134 cm³/mol. The first kappa shape index (κ1) is 22.7. The Bertz CT molecular complexity index is 1290. The number of aromatic nitrogens is 4. The fourth-order valence-corrected chi connectivity index (χ4v) is 4.07. The maximum Gasteiger partial charge on any atom is 0.175 e. The summed E-state index contributed by atoms with van der Waals surface area (Å²) in [5, 5.41) is 16.3. The fraction of sp³-hybridized carbons (Fsp3) is 0.240. The first-order valence-corrected chi connectivity index (χ1v) is 11.2. The summed E-state index contributed by atoms with van der Waals surface area (Å²) in [5.74, 6) is -0.241. The molecule has 33 heavy (non-hydrogen) atoms. The van der Waals surface area contributed by atoms with Gasteiger partial charge in [0.25, 0.3) is 0 Å². The smallest absolute Gasteiger partial charge is 0.175 e. The summed E-state index contributed by atoms with van der Waals surface area (Å²) in [6.07, 6.45) is 0. The Morgan fingerprint density at radius 1 is 0.788 bits per heavy atom. The highest BCUT2D eigenvalue weighted by molar-refractivity contribution is 7.80. The molecule has 2 aromatic carbocycles. The number of halogens is 1. The summed E-state index contributed by atoms with van der Waals surface area (Å²) in [5.41, 5.74) is 7.03. The molecule has 0 unspecified atom stereocenters. The van der Waals surface area contributed by atoms with E-state index in [9.17, 15) is 4.39 Å².